The lowest BCUT2D eigenvalue weighted by molar-refractivity contribution is -0.146. The Morgan fingerprint density at radius 3 is 2.24 bits per heavy atom. The van der Waals surface area contributed by atoms with E-state index in [0.717, 1.165) is 22.4 Å². The van der Waals surface area contributed by atoms with Crippen molar-refractivity contribution in [3.63, 3.8) is 0 Å². The first-order chi connectivity index (χ1) is 13.7. The highest BCUT2D eigenvalue weighted by atomic mass is 32.2. The summed E-state index contributed by atoms with van der Waals surface area (Å²) < 4.78 is 17.7. The van der Waals surface area contributed by atoms with E-state index in [-0.39, 0.29) is 24.0 Å². The van der Waals surface area contributed by atoms with Crippen LogP contribution in [0.2, 0.25) is 0 Å². The fraction of sp³-hybridized carbons (Fsp3) is 0.286. The van der Waals surface area contributed by atoms with Crippen LogP contribution in [0.15, 0.2) is 41.3 Å². The van der Waals surface area contributed by atoms with Crippen molar-refractivity contribution in [3.05, 3.63) is 58.9 Å². The topological polar surface area (TPSA) is 84.5 Å². The van der Waals surface area contributed by atoms with Gasteiger partial charge in [0, 0.05) is 10.6 Å². The fourth-order valence-corrected chi connectivity index (χ4v) is 3.35. The number of carbonyl (C=O) groups excluding carboxylic acids is 3. The summed E-state index contributed by atoms with van der Waals surface area (Å²) in [5.41, 5.74) is 3.70. The number of thioether (sulfide) groups is 1. The Balaban J connectivity index is 1.69. The van der Waals surface area contributed by atoms with E-state index < -0.39 is 18.5 Å². The van der Waals surface area contributed by atoms with Gasteiger partial charge in [0.25, 0.3) is 5.91 Å². The van der Waals surface area contributed by atoms with Crippen LogP contribution < -0.4 is 10.6 Å². The number of ether oxygens (including phenoxy) is 1. The molecule has 29 heavy (non-hydrogen) atoms. The van der Waals surface area contributed by atoms with E-state index in [9.17, 15) is 18.8 Å². The molecule has 0 aliphatic heterocycles. The Kier molecular flexibility index (Phi) is 8.21. The standard InChI is InChI=1S/C21H23FN2O4S/c1-13-8-14(2)21(15(3)9-13)24-18(25)10-23-19(26)11-28-20(27)12-29-17-6-4-16(22)5-7-17/h4-9H,10-12H2,1-3H3,(H,23,26)(H,24,25). The van der Waals surface area contributed by atoms with Crippen LogP contribution in [0.3, 0.4) is 0 Å². The van der Waals surface area contributed by atoms with Gasteiger partial charge >= 0.3 is 5.97 Å². The second-order valence-corrected chi connectivity index (χ2v) is 7.55. The zero-order valence-electron chi connectivity index (χ0n) is 16.5. The molecule has 8 heteroatoms. The van der Waals surface area contributed by atoms with Crippen molar-refractivity contribution in [1.29, 1.82) is 0 Å². The SMILES string of the molecule is Cc1cc(C)c(NC(=O)CNC(=O)COC(=O)CSc2ccc(F)cc2)c(C)c1. The number of esters is 1. The lowest BCUT2D eigenvalue weighted by atomic mass is 10.1. The Morgan fingerprint density at radius 1 is 1.00 bits per heavy atom. The Morgan fingerprint density at radius 2 is 1.62 bits per heavy atom. The molecule has 0 aliphatic carbocycles. The number of amides is 2. The molecule has 0 aliphatic rings. The molecular weight excluding hydrogens is 395 g/mol. The minimum Gasteiger partial charge on any atom is -0.455 e. The van der Waals surface area contributed by atoms with E-state index in [1.54, 1.807) is 12.1 Å². The quantitative estimate of drug-likeness (QED) is 0.508. The minimum absolute atomic E-state index is 0.00856. The number of aryl methyl sites for hydroxylation is 3. The highest BCUT2D eigenvalue weighted by molar-refractivity contribution is 8.00. The van der Waals surface area contributed by atoms with Gasteiger partial charge in [-0.1, -0.05) is 17.7 Å². The molecule has 2 aromatic rings. The van der Waals surface area contributed by atoms with Crippen LogP contribution in [0.5, 0.6) is 0 Å². The first kappa shape index (κ1) is 22.4. The van der Waals surface area contributed by atoms with Gasteiger partial charge in [-0.05, 0) is 56.2 Å². The third-order valence-electron chi connectivity index (χ3n) is 3.92. The number of benzene rings is 2. The lowest BCUT2D eigenvalue weighted by Gasteiger charge is -2.13. The first-order valence-electron chi connectivity index (χ1n) is 8.93. The predicted octanol–water partition coefficient (Wildman–Crippen LogP) is 3.14. The molecule has 0 heterocycles. The smallest absolute Gasteiger partial charge is 0.316 e. The van der Waals surface area contributed by atoms with Gasteiger partial charge < -0.3 is 15.4 Å². The van der Waals surface area contributed by atoms with Crippen LogP contribution in [-0.4, -0.2) is 36.7 Å². The van der Waals surface area contributed by atoms with Crippen molar-refractivity contribution in [1.82, 2.24) is 5.32 Å². The number of carbonyl (C=O) groups is 3. The van der Waals surface area contributed by atoms with Crippen LogP contribution >= 0.6 is 11.8 Å². The van der Waals surface area contributed by atoms with Crippen molar-refractivity contribution in [2.45, 2.75) is 25.7 Å². The van der Waals surface area contributed by atoms with E-state index in [1.807, 2.05) is 32.9 Å². The van der Waals surface area contributed by atoms with Crippen LogP contribution in [0, 0.1) is 26.6 Å². The normalized spacial score (nSPS) is 10.3. The van der Waals surface area contributed by atoms with E-state index in [4.69, 9.17) is 4.74 Å². The van der Waals surface area contributed by atoms with Crippen LogP contribution in [0.4, 0.5) is 10.1 Å². The van der Waals surface area contributed by atoms with Gasteiger partial charge in [-0.15, -0.1) is 11.8 Å². The molecule has 0 radical (unpaired) electrons. The minimum atomic E-state index is -0.579. The maximum atomic E-state index is 12.8. The molecule has 0 spiro atoms. The zero-order chi connectivity index (χ0) is 21.4. The number of halogens is 1. The predicted molar refractivity (Wildman–Crippen MR) is 110 cm³/mol. The van der Waals surface area contributed by atoms with Gasteiger partial charge in [0.2, 0.25) is 5.91 Å². The molecule has 0 saturated carbocycles. The molecule has 154 valence electrons. The van der Waals surface area contributed by atoms with E-state index in [0.29, 0.717) is 4.90 Å². The number of hydrogen-bond acceptors (Lipinski definition) is 5. The Labute approximate surface area is 173 Å². The number of nitrogens with one attached hydrogen (secondary N) is 2. The fourth-order valence-electron chi connectivity index (χ4n) is 2.65. The summed E-state index contributed by atoms with van der Waals surface area (Å²) in [5, 5.41) is 5.19. The summed E-state index contributed by atoms with van der Waals surface area (Å²) in [6.45, 7) is 5.08. The van der Waals surface area contributed by atoms with Crippen molar-refractivity contribution >= 4 is 35.2 Å². The molecule has 0 atom stereocenters. The maximum absolute atomic E-state index is 12.8. The van der Waals surface area contributed by atoms with Gasteiger partial charge in [-0.2, -0.15) is 0 Å². The number of rotatable bonds is 8. The summed E-state index contributed by atoms with van der Waals surface area (Å²) in [4.78, 5) is 36.2. The lowest BCUT2D eigenvalue weighted by Crippen LogP contribution is -2.36. The molecule has 2 aromatic carbocycles. The summed E-state index contributed by atoms with van der Waals surface area (Å²) in [7, 11) is 0. The molecule has 2 rings (SSSR count). The average Bonchev–Trinajstić information content (AvgIpc) is 2.67. The van der Waals surface area contributed by atoms with E-state index in [1.165, 1.54) is 23.9 Å². The van der Waals surface area contributed by atoms with Gasteiger partial charge in [0.05, 0.1) is 12.3 Å². The van der Waals surface area contributed by atoms with Crippen LogP contribution in [0.25, 0.3) is 0 Å². The van der Waals surface area contributed by atoms with E-state index >= 15 is 0 Å². The molecule has 6 nitrogen and oxygen atoms in total. The summed E-state index contributed by atoms with van der Waals surface area (Å²) in [6.07, 6.45) is 0. The molecule has 0 unspecified atom stereocenters. The molecule has 0 bridgehead atoms. The van der Waals surface area contributed by atoms with Crippen molar-refractivity contribution < 1.29 is 23.5 Å². The average molecular weight is 418 g/mol. The number of hydrogen-bond donors (Lipinski definition) is 2. The second-order valence-electron chi connectivity index (χ2n) is 6.50. The van der Waals surface area contributed by atoms with Crippen LogP contribution in [-0.2, 0) is 19.1 Å². The molecule has 2 amide bonds. The van der Waals surface area contributed by atoms with Crippen molar-refractivity contribution in [3.8, 4) is 0 Å². The Bertz CT molecular complexity index is 877. The summed E-state index contributed by atoms with van der Waals surface area (Å²) in [5.74, 6) is -1.88. The van der Waals surface area contributed by atoms with Gasteiger partial charge in [-0.25, -0.2) is 4.39 Å². The molecule has 2 N–H and O–H groups in total. The molecule has 0 aromatic heterocycles. The molecule has 0 saturated heterocycles. The second kappa shape index (κ2) is 10.6. The van der Waals surface area contributed by atoms with Crippen molar-refractivity contribution in [2.24, 2.45) is 0 Å². The zero-order valence-corrected chi connectivity index (χ0v) is 17.3. The monoisotopic (exact) mass is 418 g/mol. The highest BCUT2D eigenvalue weighted by Crippen LogP contribution is 2.21. The van der Waals surface area contributed by atoms with E-state index in [2.05, 4.69) is 10.6 Å². The molecule has 0 fully saturated rings. The summed E-state index contributed by atoms with van der Waals surface area (Å²) in [6, 6.07) is 9.62. The first-order valence-corrected chi connectivity index (χ1v) is 9.91. The molecular formula is C21H23FN2O4S. The maximum Gasteiger partial charge on any atom is 0.316 e. The largest absolute Gasteiger partial charge is 0.455 e. The third-order valence-corrected chi connectivity index (χ3v) is 4.91. The van der Waals surface area contributed by atoms with Crippen molar-refractivity contribution in [2.75, 3.05) is 24.2 Å². The van der Waals surface area contributed by atoms with Gasteiger partial charge in [0.15, 0.2) is 6.61 Å². The van der Waals surface area contributed by atoms with Gasteiger partial charge in [-0.3, -0.25) is 14.4 Å². The van der Waals surface area contributed by atoms with Crippen LogP contribution in [0.1, 0.15) is 16.7 Å². The highest BCUT2D eigenvalue weighted by Gasteiger charge is 2.12. The van der Waals surface area contributed by atoms with Gasteiger partial charge in [0.1, 0.15) is 5.82 Å². The Hall–Kier alpha value is -2.87. The third kappa shape index (κ3) is 7.57. The summed E-state index contributed by atoms with van der Waals surface area (Å²) >= 11 is 1.17. The number of anilines is 1.